The zero-order chi connectivity index (χ0) is 14.1. The number of fused-ring (bicyclic) bond motifs is 1. The molecular formula is C14H15FN2O3. The summed E-state index contributed by atoms with van der Waals surface area (Å²) < 4.78 is 18.5. The van der Waals surface area contributed by atoms with E-state index in [1.54, 1.807) is 12.3 Å². The van der Waals surface area contributed by atoms with Crippen LogP contribution in [-0.4, -0.2) is 47.3 Å². The Morgan fingerprint density at radius 3 is 2.85 bits per heavy atom. The van der Waals surface area contributed by atoms with Crippen LogP contribution in [0.3, 0.4) is 0 Å². The molecule has 0 saturated carbocycles. The summed E-state index contributed by atoms with van der Waals surface area (Å²) in [6, 6.07) is 3.60. The summed E-state index contributed by atoms with van der Waals surface area (Å²) in [6.07, 6.45) is 1.65. The second kappa shape index (κ2) is 5.22. The molecular weight excluding hydrogens is 263 g/mol. The van der Waals surface area contributed by atoms with E-state index < -0.39 is 12.0 Å². The van der Waals surface area contributed by atoms with Crippen molar-refractivity contribution in [2.24, 2.45) is 0 Å². The number of nitrogens with one attached hydrogen (secondary N) is 1. The molecule has 0 bridgehead atoms. The zero-order valence-electron chi connectivity index (χ0n) is 10.8. The smallest absolute Gasteiger partial charge is 0.325 e. The fraction of sp³-hybridized carbons (Fsp3) is 0.357. The van der Waals surface area contributed by atoms with Gasteiger partial charge in [-0.05, 0) is 18.2 Å². The first kappa shape index (κ1) is 13.1. The third-order valence-corrected chi connectivity index (χ3v) is 3.62. The van der Waals surface area contributed by atoms with Gasteiger partial charge in [0.25, 0.3) is 0 Å². The number of carboxylic acids is 1. The number of hydrogen-bond donors (Lipinski definition) is 2. The molecule has 3 rings (SSSR count). The number of carbonyl (C=O) groups is 1. The van der Waals surface area contributed by atoms with Crippen molar-refractivity contribution in [3.05, 3.63) is 35.8 Å². The van der Waals surface area contributed by atoms with E-state index in [1.165, 1.54) is 12.1 Å². The molecule has 20 heavy (non-hydrogen) atoms. The van der Waals surface area contributed by atoms with Crippen LogP contribution in [0.5, 0.6) is 0 Å². The maximum Gasteiger partial charge on any atom is 0.325 e. The van der Waals surface area contributed by atoms with Crippen LogP contribution in [0.2, 0.25) is 0 Å². The number of aliphatic carboxylic acids is 1. The van der Waals surface area contributed by atoms with Gasteiger partial charge in [0, 0.05) is 35.8 Å². The summed E-state index contributed by atoms with van der Waals surface area (Å²) in [5.41, 5.74) is 1.27. The highest BCUT2D eigenvalue weighted by atomic mass is 19.1. The Labute approximate surface area is 115 Å². The molecule has 1 aromatic heterocycles. The lowest BCUT2D eigenvalue weighted by Crippen LogP contribution is -2.42. The zero-order valence-corrected chi connectivity index (χ0v) is 10.8. The second-order valence-corrected chi connectivity index (χ2v) is 4.82. The van der Waals surface area contributed by atoms with Crippen LogP contribution in [0.25, 0.3) is 10.9 Å². The maximum absolute atomic E-state index is 13.2. The van der Waals surface area contributed by atoms with Crippen LogP contribution < -0.4 is 0 Å². The van der Waals surface area contributed by atoms with E-state index in [9.17, 15) is 14.3 Å². The number of ether oxygens (including phenoxy) is 1. The molecule has 0 radical (unpaired) electrons. The molecule has 2 heterocycles. The highest BCUT2D eigenvalue weighted by molar-refractivity contribution is 5.89. The third-order valence-electron chi connectivity index (χ3n) is 3.62. The third kappa shape index (κ3) is 2.28. The average Bonchev–Trinajstić information content (AvgIpc) is 2.83. The molecule has 5 nitrogen and oxygen atoms in total. The monoisotopic (exact) mass is 278 g/mol. The lowest BCUT2D eigenvalue weighted by Gasteiger charge is -2.31. The van der Waals surface area contributed by atoms with Gasteiger partial charge >= 0.3 is 5.97 Å². The van der Waals surface area contributed by atoms with E-state index in [4.69, 9.17) is 4.74 Å². The van der Waals surface area contributed by atoms with Gasteiger partial charge in [-0.3, -0.25) is 9.69 Å². The number of halogens is 1. The van der Waals surface area contributed by atoms with Gasteiger partial charge in [-0.25, -0.2) is 4.39 Å². The van der Waals surface area contributed by atoms with Crippen molar-refractivity contribution in [2.45, 2.75) is 6.04 Å². The van der Waals surface area contributed by atoms with E-state index in [0.717, 1.165) is 5.39 Å². The van der Waals surface area contributed by atoms with E-state index in [1.807, 2.05) is 4.90 Å². The average molecular weight is 278 g/mol. The Kier molecular flexibility index (Phi) is 3.42. The second-order valence-electron chi connectivity index (χ2n) is 4.82. The van der Waals surface area contributed by atoms with Crippen LogP contribution in [-0.2, 0) is 9.53 Å². The summed E-state index contributed by atoms with van der Waals surface area (Å²) in [5, 5.41) is 10.3. The van der Waals surface area contributed by atoms with Crippen molar-refractivity contribution in [3.63, 3.8) is 0 Å². The molecule has 1 atom stereocenters. The van der Waals surface area contributed by atoms with Gasteiger partial charge in [-0.2, -0.15) is 0 Å². The number of H-pyrrole nitrogens is 1. The van der Waals surface area contributed by atoms with Gasteiger partial charge in [-0.1, -0.05) is 0 Å². The Morgan fingerprint density at radius 1 is 1.40 bits per heavy atom. The summed E-state index contributed by atoms with van der Waals surface area (Å²) in [6.45, 7) is 2.21. The maximum atomic E-state index is 13.2. The number of carboxylic acid groups (broad SMARTS) is 1. The van der Waals surface area contributed by atoms with Crippen LogP contribution in [0, 0.1) is 5.82 Å². The van der Waals surface area contributed by atoms with Crippen LogP contribution in [0.1, 0.15) is 11.6 Å². The molecule has 0 spiro atoms. The molecule has 106 valence electrons. The molecule has 0 amide bonds. The van der Waals surface area contributed by atoms with Crippen molar-refractivity contribution >= 4 is 16.9 Å². The minimum Gasteiger partial charge on any atom is -0.480 e. The van der Waals surface area contributed by atoms with Crippen LogP contribution in [0.4, 0.5) is 4.39 Å². The number of aromatic nitrogens is 1. The quantitative estimate of drug-likeness (QED) is 0.898. The van der Waals surface area contributed by atoms with Gasteiger partial charge in [0.15, 0.2) is 0 Å². The minimum atomic E-state index is -0.905. The number of benzene rings is 1. The molecule has 2 N–H and O–H groups in total. The van der Waals surface area contributed by atoms with Gasteiger partial charge in [0.2, 0.25) is 0 Å². The predicted octanol–water partition coefficient (Wildman–Crippen LogP) is 1.76. The summed E-state index contributed by atoms with van der Waals surface area (Å²) in [4.78, 5) is 16.5. The highest BCUT2D eigenvalue weighted by Crippen LogP contribution is 2.29. The first-order valence-electron chi connectivity index (χ1n) is 6.48. The van der Waals surface area contributed by atoms with Crippen molar-refractivity contribution in [2.75, 3.05) is 26.3 Å². The Balaban J connectivity index is 2.02. The number of aromatic amines is 1. The molecule has 0 unspecified atom stereocenters. The lowest BCUT2D eigenvalue weighted by atomic mass is 10.0. The number of rotatable bonds is 3. The molecule has 1 saturated heterocycles. The number of hydrogen-bond acceptors (Lipinski definition) is 3. The number of morpholine rings is 1. The normalized spacial score (nSPS) is 18.2. The van der Waals surface area contributed by atoms with Gasteiger partial charge in [-0.15, -0.1) is 0 Å². The van der Waals surface area contributed by atoms with Crippen LogP contribution in [0.15, 0.2) is 24.4 Å². The molecule has 6 heteroatoms. The molecule has 2 aromatic rings. The molecule has 1 aliphatic rings. The van der Waals surface area contributed by atoms with E-state index in [0.29, 0.717) is 37.4 Å². The molecule has 0 aliphatic carbocycles. The molecule has 1 fully saturated rings. The first-order valence-corrected chi connectivity index (χ1v) is 6.48. The highest BCUT2D eigenvalue weighted by Gasteiger charge is 2.30. The minimum absolute atomic E-state index is 0.343. The van der Waals surface area contributed by atoms with Crippen molar-refractivity contribution in [1.29, 1.82) is 0 Å². The Hall–Kier alpha value is -1.92. The van der Waals surface area contributed by atoms with Gasteiger partial charge in [0.1, 0.15) is 11.9 Å². The predicted molar refractivity (Wildman–Crippen MR) is 71.0 cm³/mol. The SMILES string of the molecule is O=C(O)[C@H](c1c[nH]c2cc(F)ccc12)N1CCOCC1. The Morgan fingerprint density at radius 2 is 2.15 bits per heavy atom. The Bertz CT molecular complexity index is 634. The van der Waals surface area contributed by atoms with Crippen molar-refractivity contribution in [1.82, 2.24) is 9.88 Å². The van der Waals surface area contributed by atoms with Gasteiger partial charge in [0.05, 0.1) is 13.2 Å². The fourth-order valence-corrected chi connectivity index (χ4v) is 2.67. The largest absolute Gasteiger partial charge is 0.480 e. The van der Waals surface area contributed by atoms with E-state index in [-0.39, 0.29) is 5.82 Å². The summed E-state index contributed by atoms with van der Waals surface area (Å²) in [5.74, 6) is -1.25. The van der Waals surface area contributed by atoms with E-state index >= 15 is 0 Å². The summed E-state index contributed by atoms with van der Waals surface area (Å²) >= 11 is 0. The standard InChI is InChI=1S/C14H15FN2O3/c15-9-1-2-10-11(8-16-12(10)7-9)13(14(18)19)17-3-5-20-6-4-17/h1-2,7-8,13,16H,3-6H2,(H,18,19)/t13-/m0/s1. The molecule has 1 aliphatic heterocycles. The van der Waals surface area contributed by atoms with Crippen molar-refractivity contribution in [3.8, 4) is 0 Å². The van der Waals surface area contributed by atoms with Crippen LogP contribution >= 0.6 is 0 Å². The van der Waals surface area contributed by atoms with Crippen molar-refractivity contribution < 1.29 is 19.0 Å². The van der Waals surface area contributed by atoms with Gasteiger partial charge < -0.3 is 14.8 Å². The van der Waals surface area contributed by atoms with E-state index in [2.05, 4.69) is 4.98 Å². The topological polar surface area (TPSA) is 65.6 Å². The fourth-order valence-electron chi connectivity index (χ4n) is 2.67. The lowest BCUT2D eigenvalue weighted by molar-refractivity contribution is -0.145. The number of nitrogens with zero attached hydrogens (tertiary/aromatic N) is 1. The molecule has 1 aromatic carbocycles. The first-order chi connectivity index (χ1) is 9.66. The summed E-state index contributed by atoms with van der Waals surface area (Å²) in [7, 11) is 0.